The number of hydrogen-bond donors (Lipinski definition) is 0. The Hall–Kier alpha value is -0.870. The molecule has 0 unspecified atom stereocenters. The third kappa shape index (κ3) is 1.81. The Bertz CT molecular complexity index is 398. The second-order valence-corrected chi connectivity index (χ2v) is 4.42. The van der Waals surface area contributed by atoms with Gasteiger partial charge in [-0.15, -0.1) is 0 Å². The first-order valence-electron chi connectivity index (χ1n) is 4.39. The van der Waals surface area contributed by atoms with Gasteiger partial charge in [-0.25, -0.2) is 9.78 Å². The number of nitrogens with zero attached hydrogens (tertiary/aromatic N) is 2. The summed E-state index contributed by atoms with van der Waals surface area (Å²) in [6.45, 7) is 4.06. The van der Waals surface area contributed by atoms with E-state index in [1.807, 2.05) is 0 Å². The second-order valence-electron chi connectivity index (χ2n) is 3.99. The van der Waals surface area contributed by atoms with Crippen molar-refractivity contribution in [3.63, 3.8) is 0 Å². The number of ether oxygens (including phenoxy) is 1. The molecule has 0 N–H and O–H groups in total. The topological polar surface area (TPSA) is 44.1 Å². The molecule has 0 saturated carbocycles. The first-order chi connectivity index (χ1) is 6.59. The SMILES string of the molecule is CC1(Cn2cc(Cl)cnc2=O)COC1. The minimum absolute atomic E-state index is 0.0518. The maximum absolute atomic E-state index is 11.3. The summed E-state index contributed by atoms with van der Waals surface area (Å²) in [5, 5.41) is 0.480. The molecule has 0 spiro atoms. The molecule has 5 heteroatoms. The lowest BCUT2D eigenvalue weighted by Gasteiger charge is -2.38. The summed E-state index contributed by atoms with van der Waals surface area (Å²) >= 11 is 5.75. The van der Waals surface area contributed by atoms with E-state index in [1.165, 1.54) is 10.8 Å². The average molecular weight is 215 g/mol. The second kappa shape index (κ2) is 3.37. The van der Waals surface area contributed by atoms with Crippen LogP contribution in [0.5, 0.6) is 0 Å². The van der Waals surface area contributed by atoms with Crippen molar-refractivity contribution in [2.45, 2.75) is 13.5 Å². The van der Waals surface area contributed by atoms with E-state index in [9.17, 15) is 4.79 Å². The highest BCUT2D eigenvalue weighted by atomic mass is 35.5. The predicted octanol–water partition coefficient (Wildman–Crippen LogP) is 0.933. The molecule has 14 heavy (non-hydrogen) atoms. The van der Waals surface area contributed by atoms with Gasteiger partial charge >= 0.3 is 5.69 Å². The quantitative estimate of drug-likeness (QED) is 0.736. The Morgan fingerprint density at radius 1 is 1.71 bits per heavy atom. The Balaban J connectivity index is 2.23. The van der Waals surface area contributed by atoms with E-state index >= 15 is 0 Å². The molecule has 1 aliphatic heterocycles. The standard InChI is InChI=1S/C9H11ClN2O2/c1-9(5-14-6-9)4-12-3-7(10)2-11-8(12)13/h2-3H,4-6H2,1H3. The molecule has 0 atom stereocenters. The highest BCUT2D eigenvalue weighted by Crippen LogP contribution is 2.27. The summed E-state index contributed by atoms with van der Waals surface area (Å²) in [7, 11) is 0. The summed E-state index contributed by atoms with van der Waals surface area (Å²) in [6, 6.07) is 0. The first kappa shape index (κ1) is 9.68. The van der Waals surface area contributed by atoms with Gasteiger partial charge in [-0.3, -0.25) is 4.57 Å². The molecule has 0 amide bonds. The van der Waals surface area contributed by atoms with Gasteiger partial charge in [-0.1, -0.05) is 18.5 Å². The van der Waals surface area contributed by atoms with Crippen molar-refractivity contribution in [2.75, 3.05) is 13.2 Å². The molecule has 2 heterocycles. The number of rotatable bonds is 2. The van der Waals surface area contributed by atoms with Crippen molar-refractivity contribution in [3.8, 4) is 0 Å². The summed E-state index contributed by atoms with van der Waals surface area (Å²) < 4.78 is 6.64. The zero-order valence-corrected chi connectivity index (χ0v) is 8.62. The Kier molecular flexibility index (Phi) is 2.33. The van der Waals surface area contributed by atoms with Gasteiger partial charge in [0.1, 0.15) is 0 Å². The molecule has 1 aromatic heterocycles. The molecule has 4 nitrogen and oxygen atoms in total. The smallest absolute Gasteiger partial charge is 0.347 e. The van der Waals surface area contributed by atoms with Crippen LogP contribution in [0.1, 0.15) is 6.92 Å². The Morgan fingerprint density at radius 3 is 3.00 bits per heavy atom. The van der Waals surface area contributed by atoms with Crippen LogP contribution in [0.2, 0.25) is 5.02 Å². The Morgan fingerprint density at radius 2 is 2.43 bits per heavy atom. The minimum Gasteiger partial charge on any atom is -0.380 e. The molecule has 0 aliphatic carbocycles. The fourth-order valence-electron chi connectivity index (χ4n) is 1.49. The zero-order valence-electron chi connectivity index (χ0n) is 7.86. The maximum Gasteiger partial charge on any atom is 0.347 e. The van der Waals surface area contributed by atoms with Crippen molar-refractivity contribution in [1.29, 1.82) is 0 Å². The molecule has 1 saturated heterocycles. The van der Waals surface area contributed by atoms with Crippen molar-refractivity contribution in [3.05, 3.63) is 27.9 Å². The molecule has 0 radical (unpaired) electrons. The van der Waals surface area contributed by atoms with Crippen LogP contribution < -0.4 is 5.69 Å². The summed E-state index contributed by atoms with van der Waals surface area (Å²) in [5.41, 5.74) is -0.210. The fourth-order valence-corrected chi connectivity index (χ4v) is 1.66. The van der Waals surface area contributed by atoms with Crippen molar-refractivity contribution >= 4 is 11.6 Å². The average Bonchev–Trinajstić information content (AvgIpc) is 2.09. The monoisotopic (exact) mass is 214 g/mol. The van der Waals surface area contributed by atoms with Gasteiger partial charge in [0.15, 0.2) is 0 Å². The van der Waals surface area contributed by atoms with Crippen molar-refractivity contribution in [2.24, 2.45) is 5.41 Å². The largest absolute Gasteiger partial charge is 0.380 e. The zero-order chi connectivity index (χ0) is 10.2. The summed E-state index contributed by atoms with van der Waals surface area (Å²) in [6.07, 6.45) is 2.97. The van der Waals surface area contributed by atoms with Crippen LogP contribution in [0.25, 0.3) is 0 Å². The van der Waals surface area contributed by atoms with E-state index in [-0.39, 0.29) is 11.1 Å². The van der Waals surface area contributed by atoms with E-state index in [1.54, 1.807) is 6.20 Å². The van der Waals surface area contributed by atoms with Crippen LogP contribution in [-0.4, -0.2) is 22.8 Å². The molecule has 1 aliphatic rings. The third-order valence-corrected chi connectivity index (χ3v) is 2.47. The van der Waals surface area contributed by atoms with Gasteiger partial charge in [0, 0.05) is 18.2 Å². The van der Waals surface area contributed by atoms with Crippen LogP contribution in [0, 0.1) is 5.41 Å². The van der Waals surface area contributed by atoms with Crippen molar-refractivity contribution in [1.82, 2.24) is 9.55 Å². The molecule has 76 valence electrons. The number of aromatic nitrogens is 2. The van der Waals surface area contributed by atoms with E-state index in [4.69, 9.17) is 16.3 Å². The minimum atomic E-state index is -0.262. The van der Waals surface area contributed by atoms with Crippen LogP contribution in [0.15, 0.2) is 17.2 Å². The van der Waals surface area contributed by atoms with Crippen LogP contribution in [0.3, 0.4) is 0 Å². The highest BCUT2D eigenvalue weighted by molar-refractivity contribution is 6.30. The Labute approximate surface area is 86.5 Å². The lowest BCUT2D eigenvalue weighted by molar-refractivity contribution is -0.110. The van der Waals surface area contributed by atoms with E-state index in [0.717, 1.165) is 0 Å². The lowest BCUT2D eigenvalue weighted by Crippen LogP contribution is -2.45. The van der Waals surface area contributed by atoms with Gasteiger partial charge < -0.3 is 4.74 Å². The molecule has 0 aromatic carbocycles. The van der Waals surface area contributed by atoms with E-state index in [0.29, 0.717) is 24.8 Å². The van der Waals surface area contributed by atoms with Gasteiger partial charge in [0.2, 0.25) is 0 Å². The van der Waals surface area contributed by atoms with Crippen LogP contribution >= 0.6 is 11.6 Å². The van der Waals surface area contributed by atoms with Crippen molar-refractivity contribution < 1.29 is 4.74 Å². The van der Waals surface area contributed by atoms with Gasteiger partial charge in [0.25, 0.3) is 0 Å². The first-order valence-corrected chi connectivity index (χ1v) is 4.77. The van der Waals surface area contributed by atoms with Crippen LogP contribution in [0.4, 0.5) is 0 Å². The van der Waals surface area contributed by atoms with Crippen LogP contribution in [-0.2, 0) is 11.3 Å². The normalized spacial score (nSPS) is 19.0. The molecular weight excluding hydrogens is 204 g/mol. The van der Waals surface area contributed by atoms with E-state index in [2.05, 4.69) is 11.9 Å². The number of halogens is 1. The molecule has 1 fully saturated rings. The van der Waals surface area contributed by atoms with Gasteiger partial charge in [-0.05, 0) is 0 Å². The molecular formula is C9H11ClN2O2. The maximum atomic E-state index is 11.3. The number of hydrogen-bond acceptors (Lipinski definition) is 3. The molecule has 2 rings (SSSR count). The highest BCUT2D eigenvalue weighted by Gasteiger charge is 2.34. The lowest BCUT2D eigenvalue weighted by atomic mass is 9.89. The molecule has 0 bridgehead atoms. The molecule has 1 aromatic rings. The van der Waals surface area contributed by atoms with Gasteiger partial charge in [-0.2, -0.15) is 0 Å². The third-order valence-electron chi connectivity index (χ3n) is 2.28. The van der Waals surface area contributed by atoms with E-state index < -0.39 is 0 Å². The fraction of sp³-hybridized carbons (Fsp3) is 0.556. The summed E-state index contributed by atoms with van der Waals surface area (Å²) in [5.74, 6) is 0. The van der Waals surface area contributed by atoms with Gasteiger partial charge in [0.05, 0.1) is 24.4 Å². The summed E-state index contributed by atoms with van der Waals surface area (Å²) in [4.78, 5) is 15.0. The predicted molar refractivity (Wildman–Crippen MR) is 52.4 cm³/mol.